The number of nitro groups is 1. The number of non-ortho nitro benzene ring substituents is 1. The van der Waals surface area contributed by atoms with Crippen molar-refractivity contribution in [2.24, 2.45) is 0 Å². The van der Waals surface area contributed by atoms with E-state index in [0.29, 0.717) is 42.2 Å². The molecule has 26 heavy (non-hydrogen) atoms. The monoisotopic (exact) mass is 483 g/mol. The van der Waals surface area contributed by atoms with Crippen LogP contribution in [0.5, 0.6) is 0 Å². The van der Waals surface area contributed by atoms with Crippen LogP contribution < -0.4 is 10.2 Å². The molecule has 7 nitrogen and oxygen atoms in total. The van der Waals surface area contributed by atoms with Gasteiger partial charge in [-0.1, -0.05) is 15.9 Å². The lowest BCUT2D eigenvalue weighted by Crippen LogP contribution is -2.37. The van der Waals surface area contributed by atoms with Crippen molar-refractivity contribution in [2.75, 3.05) is 36.5 Å². The van der Waals surface area contributed by atoms with E-state index in [1.807, 2.05) is 11.0 Å². The number of anilines is 2. The van der Waals surface area contributed by atoms with Crippen molar-refractivity contribution in [2.45, 2.75) is 0 Å². The zero-order valence-electron chi connectivity index (χ0n) is 13.6. The second kappa shape index (κ2) is 8.15. The van der Waals surface area contributed by atoms with E-state index < -0.39 is 10.8 Å². The standard InChI is InChI=1S/C17H15Br2N3O4/c18-11-1-3-14(19)15(9-11)20-17(23)13-10-12(22(24)25)2-4-16(13)21-5-7-26-8-6-21/h1-4,9-10H,5-8H2,(H,20,23). The van der Waals surface area contributed by atoms with Gasteiger partial charge in [-0.3, -0.25) is 14.9 Å². The number of ether oxygens (including phenoxy) is 1. The third kappa shape index (κ3) is 4.22. The maximum Gasteiger partial charge on any atom is 0.270 e. The summed E-state index contributed by atoms with van der Waals surface area (Å²) in [5.41, 5.74) is 1.36. The van der Waals surface area contributed by atoms with Crippen LogP contribution in [-0.2, 0) is 4.74 Å². The highest BCUT2D eigenvalue weighted by Gasteiger charge is 2.22. The van der Waals surface area contributed by atoms with Gasteiger partial charge in [-0.05, 0) is 40.2 Å². The van der Waals surface area contributed by atoms with Gasteiger partial charge >= 0.3 is 0 Å². The number of hydrogen-bond acceptors (Lipinski definition) is 5. The normalized spacial score (nSPS) is 14.2. The van der Waals surface area contributed by atoms with E-state index in [2.05, 4.69) is 37.2 Å². The summed E-state index contributed by atoms with van der Waals surface area (Å²) in [6.45, 7) is 2.35. The zero-order chi connectivity index (χ0) is 18.7. The van der Waals surface area contributed by atoms with E-state index in [9.17, 15) is 14.9 Å². The maximum absolute atomic E-state index is 12.9. The van der Waals surface area contributed by atoms with Crippen molar-refractivity contribution in [3.8, 4) is 0 Å². The van der Waals surface area contributed by atoms with Crippen LogP contribution in [0.15, 0.2) is 45.3 Å². The van der Waals surface area contributed by atoms with Crippen LogP contribution in [0.3, 0.4) is 0 Å². The zero-order valence-corrected chi connectivity index (χ0v) is 16.7. The SMILES string of the molecule is O=C(Nc1cc(Br)ccc1Br)c1cc([N+](=O)[O-])ccc1N1CCOCC1. The van der Waals surface area contributed by atoms with Crippen molar-refractivity contribution in [3.63, 3.8) is 0 Å². The predicted molar refractivity (Wildman–Crippen MR) is 106 cm³/mol. The van der Waals surface area contributed by atoms with Gasteiger partial charge in [0, 0.05) is 34.2 Å². The lowest BCUT2D eigenvalue weighted by molar-refractivity contribution is -0.384. The molecule has 2 aromatic carbocycles. The van der Waals surface area contributed by atoms with E-state index >= 15 is 0 Å². The Hall–Kier alpha value is -1.97. The highest BCUT2D eigenvalue weighted by Crippen LogP contribution is 2.30. The summed E-state index contributed by atoms with van der Waals surface area (Å²) in [5.74, 6) is -0.408. The summed E-state index contributed by atoms with van der Waals surface area (Å²) in [7, 11) is 0. The fourth-order valence-corrected chi connectivity index (χ4v) is 3.39. The summed E-state index contributed by atoms with van der Waals surface area (Å²) in [6, 6.07) is 9.74. The number of carbonyl (C=O) groups excluding carboxylic acids is 1. The minimum atomic E-state index is -0.505. The lowest BCUT2D eigenvalue weighted by Gasteiger charge is -2.30. The van der Waals surface area contributed by atoms with Crippen molar-refractivity contribution < 1.29 is 14.5 Å². The molecule has 0 bridgehead atoms. The van der Waals surface area contributed by atoms with Gasteiger partial charge in [0.25, 0.3) is 11.6 Å². The Labute approximate surface area is 166 Å². The molecule has 1 aliphatic rings. The van der Waals surface area contributed by atoms with E-state index in [0.717, 1.165) is 4.47 Å². The molecule has 0 saturated carbocycles. The fraction of sp³-hybridized carbons (Fsp3) is 0.235. The van der Waals surface area contributed by atoms with Gasteiger partial charge in [0.2, 0.25) is 0 Å². The molecule has 0 unspecified atom stereocenters. The van der Waals surface area contributed by atoms with E-state index in [-0.39, 0.29) is 11.3 Å². The second-order valence-electron chi connectivity index (χ2n) is 5.64. The molecule has 136 valence electrons. The van der Waals surface area contributed by atoms with Gasteiger partial charge in [-0.2, -0.15) is 0 Å². The summed E-state index contributed by atoms with van der Waals surface area (Å²) in [5, 5.41) is 14.0. The molecule has 1 N–H and O–H groups in total. The van der Waals surface area contributed by atoms with Gasteiger partial charge in [0.15, 0.2) is 0 Å². The molecular weight excluding hydrogens is 470 g/mol. The Morgan fingerprint density at radius 3 is 2.58 bits per heavy atom. The van der Waals surface area contributed by atoms with Gasteiger partial charge < -0.3 is 15.0 Å². The quantitative estimate of drug-likeness (QED) is 0.519. The smallest absolute Gasteiger partial charge is 0.270 e. The second-order valence-corrected chi connectivity index (χ2v) is 7.41. The summed E-state index contributed by atoms with van der Waals surface area (Å²) in [4.78, 5) is 25.5. The van der Waals surface area contributed by atoms with Crippen LogP contribution in [0.2, 0.25) is 0 Å². The van der Waals surface area contributed by atoms with E-state index in [4.69, 9.17) is 4.74 Å². The lowest BCUT2D eigenvalue weighted by atomic mass is 10.1. The topological polar surface area (TPSA) is 84.7 Å². The molecule has 1 saturated heterocycles. The highest BCUT2D eigenvalue weighted by atomic mass is 79.9. The van der Waals surface area contributed by atoms with Crippen LogP contribution >= 0.6 is 31.9 Å². The number of morpholine rings is 1. The molecule has 0 aliphatic carbocycles. The number of hydrogen-bond donors (Lipinski definition) is 1. The van der Waals surface area contributed by atoms with Crippen LogP contribution in [0.1, 0.15) is 10.4 Å². The first-order valence-corrected chi connectivity index (χ1v) is 9.42. The summed E-state index contributed by atoms with van der Waals surface area (Å²) in [6.07, 6.45) is 0. The molecule has 3 rings (SSSR count). The van der Waals surface area contributed by atoms with Crippen molar-refractivity contribution in [1.29, 1.82) is 0 Å². The first kappa shape index (κ1) is 18.8. The number of nitro benzene ring substituents is 1. The molecule has 9 heteroatoms. The molecule has 0 atom stereocenters. The van der Waals surface area contributed by atoms with Gasteiger partial charge in [-0.25, -0.2) is 0 Å². The van der Waals surface area contributed by atoms with Crippen LogP contribution in [0.25, 0.3) is 0 Å². The molecule has 1 fully saturated rings. The van der Waals surface area contributed by atoms with E-state index in [1.165, 1.54) is 12.1 Å². The number of rotatable bonds is 4. The minimum absolute atomic E-state index is 0.125. The average molecular weight is 485 g/mol. The number of nitrogens with zero attached hydrogens (tertiary/aromatic N) is 2. The largest absolute Gasteiger partial charge is 0.378 e. The molecule has 0 aromatic heterocycles. The predicted octanol–water partition coefficient (Wildman–Crippen LogP) is 4.21. The summed E-state index contributed by atoms with van der Waals surface area (Å²) >= 11 is 6.76. The molecule has 0 radical (unpaired) electrons. The Kier molecular flexibility index (Phi) is 5.90. The van der Waals surface area contributed by atoms with Crippen LogP contribution in [0, 0.1) is 10.1 Å². The number of benzene rings is 2. The molecule has 1 heterocycles. The van der Waals surface area contributed by atoms with Crippen LogP contribution in [-0.4, -0.2) is 37.1 Å². The Bertz CT molecular complexity index is 854. The first-order chi connectivity index (χ1) is 12.5. The molecule has 1 amide bonds. The highest BCUT2D eigenvalue weighted by molar-refractivity contribution is 9.11. The number of nitrogens with one attached hydrogen (secondary N) is 1. The van der Waals surface area contributed by atoms with E-state index in [1.54, 1.807) is 18.2 Å². The average Bonchev–Trinajstić information content (AvgIpc) is 2.65. The number of carbonyl (C=O) groups is 1. The molecule has 1 aliphatic heterocycles. The molecule has 2 aromatic rings. The fourth-order valence-electron chi connectivity index (χ4n) is 2.68. The van der Waals surface area contributed by atoms with Gasteiger partial charge in [-0.15, -0.1) is 0 Å². The Morgan fingerprint density at radius 2 is 1.88 bits per heavy atom. The van der Waals surface area contributed by atoms with Crippen LogP contribution in [0.4, 0.5) is 17.1 Å². The third-order valence-electron chi connectivity index (χ3n) is 3.96. The number of amides is 1. The van der Waals surface area contributed by atoms with Gasteiger partial charge in [0.1, 0.15) is 0 Å². The Balaban J connectivity index is 1.97. The number of halogens is 2. The van der Waals surface area contributed by atoms with Crippen molar-refractivity contribution in [1.82, 2.24) is 0 Å². The first-order valence-electron chi connectivity index (χ1n) is 7.83. The molecular formula is C17H15Br2N3O4. The summed E-state index contributed by atoms with van der Waals surface area (Å²) < 4.78 is 6.87. The minimum Gasteiger partial charge on any atom is -0.378 e. The van der Waals surface area contributed by atoms with Crippen molar-refractivity contribution >= 4 is 54.8 Å². The van der Waals surface area contributed by atoms with Crippen molar-refractivity contribution in [3.05, 3.63) is 61.0 Å². The molecule has 0 spiro atoms. The van der Waals surface area contributed by atoms with Gasteiger partial charge in [0.05, 0.1) is 35.1 Å². The maximum atomic E-state index is 12.9. The third-order valence-corrected chi connectivity index (χ3v) is 5.15. The Morgan fingerprint density at radius 1 is 1.15 bits per heavy atom.